The van der Waals surface area contributed by atoms with E-state index >= 15 is 0 Å². The van der Waals surface area contributed by atoms with Crippen LogP contribution in [0.2, 0.25) is 0 Å². The number of carboxylic acid groups (broad SMARTS) is 1. The molecule has 3 rings (SSSR count). The SMILES string of the molecule is Cc1ccc(Oc2cccc(CC(=O)O)c2)c(OCC=Cc2ccc(C(F)(F)F)cc2)c1. The number of benzene rings is 3. The Bertz CT molecular complexity index is 1100. The highest BCUT2D eigenvalue weighted by molar-refractivity contribution is 5.70. The number of carboxylic acids is 1. The average molecular weight is 442 g/mol. The summed E-state index contributed by atoms with van der Waals surface area (Å²) in [5, 5.41) is 8.96. The molecule has 0 heterocycles. The van der Waals surface area contributed by atoms with Crippen LogP contribution in [0.15, 0.2) is 72.8 Å². The first-order chi connectivity index (χ1) is 15.2. The molecule has 0 aliphatic rings. The molecule has 32 heavy (non-hydrogen) atoms. The summed E-state index contributed by atoms with van der Waals surface area (Å²) in [6.45, 7) is 2.09. The Morgan fingerprint density at radius 1 is 1.00 bits per heavy atom. The van der Waals surface area contributed by atoms with E-state index in [1.54, 1.807) is 42.5 Å². The first-order valence-corrected chi connectivity index (χ1v) is 9.76. The van der Waals surface area contributed by atoms with Gasteiger partial charge in [-0.3, -0.25) is 4.79 Å². The van der Waals surface area contributed by atoms with Crippen LogP contribution in [-0.4, -0.2) is 17.7 Å². The largest absolute Gasteiger partial charge is 0.486 e. The molecular weight excluding hydrogens is 421 g/mol. The smallest absolute Gasteiger partial charge is 0.416 e. The quantitative estimate of drug-likeness (QED) is 0.431. The van der Waals surface area contributed by atoms with Gasteiger partial charge in [0.2, 0.25) is 0 Å². The number of halogens is 3. The van der Waals surface area contributed by atoms with E-state index in [1.165, 1.54) is 12.1 Å². The van der Waals surface area contributed by atoms with Crippen molar-refractivity contribution in [2.45, 2.75) is 19.5 Å². The van der Waals surface area contributed by atoms with E-state index < -0.39 is 17.7 Å². The van der Waals surface area contributed by atoms with E-state index in [2.05, 4.69) is 0 Å². The molecule has 3 aromatic rings. The van der Waals surface area contributed by atoms with Crippen LogP contribution in [-0.2, 0) is 17.4 Å². The second-order valence-electron chi connectivity index (χ2n) is 7.10. The Hall–Kier alpha value is -3.74. The number of ether oxygens (including phenoxy) is 2. The van der Waals surface area contributed by atoms with Gasteiger partial charge in [0.15, 0.2) is 11.5 Å². The standard InChI is InChI=1S/C25H21F3O4/c1-17-7-12-22(32-21-6-2-4-19(15-21)16-24(29)30)23(14-17)31-13-3-5-18-8-10-20(11-9-18)25(26,27)28/h2-12,14-15H,13,16H2,1H3,(H,29,30). The van der Waals surface area contributed by atoms with Crippen molar-refractivity contribution in [1.29, 1.82) is 0 Å². The summed E-state index contributed by atoms with van der Waals surface area (Å²) < 4.78 is 49.6. The summed E-state index contributed by atoms with van der Waals surface area (Å²) in [6, 6.07) is 17.1. The molecule has 7 heteroatoms. The summed E-state index contributed by atoms with van der Waals surface area (Å²) in [6.07, 6.45) is -1.10. The maximum Gasteiger partial charge on any atom is 0.416 e. The van der Waals surface area contributed by atoms with Crippen LogP contribution in [0.3, 0.4) is 0 Å². The van der Waals surface area contributed by atoms with E-state index in [4.69, 9.17) is 14.6 Å². The molecule has 0 aromatic heterocycles. The number of rotatable bonds is 8. The molecule has 3 aromatic carbocycles. The van der Waals surface area contributed by atoms with Crippen molar-refractivity contribution in [2.24, 2.45) is 0 Å². The van der Waals surface area contributed by atoms with E-state index in [9.17, 15) is 18.0 Å². The fourth-order valence-corrected chi connectivity index (χ4v) is 2.94. The molecule has 166 valence electrons. The van der Waals surface area contributed by atoms with Gasteiger partial charge >= 0.3 is 12.1 Å². The molecule has 0 aliphatic carbocycles. The van der Waals surface area contributed by atoms with Gasteiger partial charge < -0.3 is 14.6 Å². The van der Waals surface area contributed by atoms with Gasteiger partial charge in [-0.15, -0.1) is 0 Å². The average Bonchev–Trinajstić information content (AvgIpc) is 2.72. The monoisotopic (exact) mass is 442 g/mol. The molecule has 0 radical (unpaired) electrons. The van der Waals surface area contributed by atoms with Crippen molar-refractivity contribution < 1.29 is 32.5 Å². The number of aryl methyl sites for hydroxylation is 1. The van der Waals surface area contributed by atoms with Gasteiger partial charge in [-0.05, 0) is 66.1 Å². The van der Waals surface area contributed by atoms with Gasteiger partial charge in [0, 0.05) is 0 Å². The van der Waals surface area contributed by atoms with Crippen LogP contribution in [0.5, 0.6) is 17.2 Å². The topological polar surface area (TPSA) is 55.8 Å². The highest BCUT2D eigenvalue weighted by Gasteiger charge is 2.29. The van der Waals surface area contributed by atoms with Gasteiger partial charge in [0.1, 0.15) is 12.4 Å². The predicted octanol–water partition coefficient (Wildman–Crippen LogP) is 6.53. The van der Waals surface area contributed by atoms with Crippen LogP contribution in [0.25, 0.3) is 6.08 Å². The molecule has 0 amide bonds. The van der Waals surface area contributed by atoms with Gasteiger partial charge in [-0.1, -0.05) is 36.4 Å². The summed E-state index contributed by atoms with van der Waals surface area (Å²) in [5.41, 5.74) is 1.50. The summed E-state index contributed by atoms with van der Waals surface area (Å²) in [5.74, 6) is 0.510. The van der Waals surface area contributed by atoms with Crippen molar-refractivity contribution in [3.63, 3.8) is 0 Å². The third-order valence-corrected chi connectivity index (χ3v) is 4.46. The molecular formula is C25H21F3O4. The van der Waals surface area contributed by atoms with Crippen molar-refractivity contribution in [3.8, 4) is 17.2 Å². The van der Waals surface area contributed by atoms with Crippen LogP contribution in [0, 0.1) is 6.92 Å². The Labute approximate surface area is 183 Å². The van der Waals surface area contributed by atoms with Gasteiger partial charge in [-0.2, -0.15) is 13.2 Å². The Morgan fingerprint density at radius 2 is 1.75 bits per heavy atom. The molecule has 0 atom stereocenters. The lowest BCUT2D eigenvalue weighted by Gasteiger charge is -2.13. The molecule has 0 saturated heterocycles. The van der Waals surface area contributed by atoms with Crippen LogP contribution in [0.4, 0.5) is 13.2 Å². The van der Waals surface area contributed by atoms with Crippen LogP contribution < -0.4 is 9.47 Å². The van der Waals surface area contributed by atoms with E-state index in [0.29, 0.717) is 28.4 Å². The minimum atomic E-state index is -4.36. The lowest BCUT2D eigenvalue weighted by Crippen LogP contribution is -2.04. The van der Waals surface area contributed by atoms with Gasteiger partial charge in [-0.25, -0.2) is 0 Å². The highest BCUT2D eigenvalue weighted by atomic mass is 19.4. The van der Waals surface area contributed by atoms with Gasteiger partial charge in [0.25, 0.3) is 0 Å². The normalized spacial score (nSPS) is 11.5. The molecule has 0 saturated carbocycles. The van der Waals surface area contributed by atoms with Crippen molar-refractivity contribution >= 4 is 12.0 Å². The molecule has 4 nitrogen and oxygen atoms in total. The van der Waals surface area contributed by atoms with E-state index in [-0.39, 0.29) is 13.0 Å². The van der Waals surface area contributed by atoms with Crippen molar-refractivity contribution in [3.05, 3.63) is 95.1 Å². The second-order valence-corrected chi connectivity index (χ2v) is 7.10. The number of aliphatic carboxylic acids is 1. The zero-order valence-corrected chi connectivity index (χ0v) is 17.2. The third-order valence-electron chi connectivity index (χ3n) is 4.46. The minimum absolute atomic E-state index is 0.108. The van der Waals surface area contributed by atoms with Crippen molar-refractivity contribution in [2.75, 3.05) is 6.61 Å². The summed E-state index contributed by atoms with van der Waals surface area (Å²) in [7, 11) is 0. The first-order valence-electron chi connectivity index (χ1n) is 9.76. The molecule has 0 fully saturated rings. The first kappa shape index (κ1) is 22.9. The predicted molar refractivity (Wildman–Crippen MR) is 115 cm³/mol. The molecule has 0 unspecified atom stereocenters. The Kier molecular flexibility index (Phi) is 7.20. The fraction of sp³-hybridized carbons (Fsp3) is 0.160. The Morgan fingerprint density at radius 3 is 2.44 bits per heavy atom. The number of carbonyl (C=O) groups is 1. The number of hydrogen-bond acceptors (Lipinski definition) is 3. The zero-order chi connectivity index (χ0) is 23.1. The Balaban J connectivity index is 1.66. The maximum absolute atomic E-state index is 12.6. The number of alkyl halides is 3. The van der Waals surface area contributed by atoms with Crippen molar-refractivity contribution in [1.82, 2.24) is 0 Å². The number of hydrogen-bond donors (Lipinski definition) is 1. The fourth-order valence-electron chi connectivity index (χ4n) is 2.94. The summed E-state index contributed by atoms with van der Waals surface area (Å²) in [4.78, 5) is 10.9. The van der Waals surface area contributed by atoms with Gasteiger partial charge in [0.05, 0.1) is 12.0 Å². The maximum atomic E-state index is 12.6. The zero-order valence-electron chi connectivity index (χ0n) is 17.2. The van der Waals surface area contributed by atoms with E-state index in [1.807, 2.05) is 19.1 Å². The molecule has 1 N–H and O–H groups in total. The lowest BCUT2D eigenvalue weighted by atomic mass is 10.1. The molecule has 0 bridgehead atoms. The highest BCUT2D eigenvalue weighted by Crippen LogP contribution is 2.33. The summed E-state index contributed by atoms with van der Waals surface area (Å²) >= 11 is 0. The third kappa shape index (κ3) is 6.63. The van der Waals surface area contributed by atoms with Crippen LogP contribution in [0.1, 0.15) is 22.3 Å². The lowest BCUT2D eigenvalue weighted by molar-refractivity contribution is -0.138. The van der Waals surface area contributed by atoms with E-state index in [0.717, 1.165) is 17.7 Å². The molecule has 0 aliphatic heterocycles. The minimum Gasteiger partial charge on any atom is -0.486 e. The molecule has 0 spiro atoms. The van der Waals surface area contributed by atoms with Crippen LogP contribution >= 0.6 is 0 Å². The second kappa shape index (κ2) is 10.0.